The van der Waals surface area contributed by atoms with Crippen LogP contribution in [0.25, 0.3) is 0 Å². The lowest BCUT2D eigenvalue weighted by Crippen LogP contribution is -2.38. The van der Waals surface area contributed by atoms with E-state index >= 15 is 0 Å². The third-order valence-electron chi connectivity index (χ3n) is 5.70. The molecule has 1 fully saturated rings. The maximum atomic E-state index is 13.1. The molecule has 1 unspecified atom stereocenters. The number of carbonyl (C=O) groups excluding carboxylic acids is 1. The van der Waals surface area contributed by atoms with Gasteiger partial charge in [0.25, 0.3) is 5.91 Å². The molecule has 0 saturated carbocycles. The van der Waals surface area contributed by atoms with E-state index in [1.54, 1.807) is 11.5 Å². The van der Waals surface area contributed by atoms with Crippen molar-refractivity contribution in [3.63, 3.8) is 0 Å². The van der Waals surface area contributed by atoms with Crippen molar-refractivity contribution in [2.45, 2.75) is 38.6 Å². The molecule has 8 nitrogen and oxygen atoms in total. The van der Waals surface area contributed by atoms with Crippen LogP contribution in [0.5, 0.6) is 0 Å². The Kier molecular flexibility index (Phi) is 12.2. The number of allylic oxidation sites excluding steroid dienone is 4. The summed E-state index contributed by atoms with van der Waals surface area (Å²) in [6.45, 7) is 13.9. The van der Waals surface area contributed by atoms with Crippen molar-refractivity contribution in [3.8, 4) is 0 Å². The molecule has 10 heteroatoms. The van der Waals surface area contributed by atoms with Crippen LogP contribution in [0.4, 0.5) is 0 Å². The highest BCUT2D eigenvalue weighted by atomic mass is 32.2. The fraction of sp³-hybridized carbons (Fsp3) is 0.393. The fourth-order valence-electron chi connectivity index (χ4n) is 3.65. The van der Waals surface area contributed by atoms with Crippen molar-refractivity contribution in [1.29, 1.82) is 0 Å². The van der Waals surface area contributed by atoms with Gasteiger partial charge < -0.3 is 15.4 Å². The zero-order valence-electron chi connectivity index (χ0n) is 22.4. The summed E-state index contributed by atoms with van der Waals surface area (Å²) in [7, 11) is -1.29. The van der Waals surface area contributed by atoms with Gasteiger partial charge in [0.1, 0.15) is 16.7 Å². The molecule has 3 rings (SSSR count). The quantitative estimate of drug-likeness (QED) is 0.221. The number of hydrogen-bond acceptors (Lipinski definition) is 7. The highest BCUT2D eigenvalue weighted by molar-refractivity contribution is 7.82. The summed E-state index contributed by atoms with van der Waals surface area (Å²) in [5, 5.41) is 9.00. The molecule has 1 saturated heterocycles. The fourth-order valence-corrected chi connectivity index (χ4v) is 5.75. The van der Waals surface area contributed by atoms with Crippen molar-refractivity contribution in [2.75, 3.05) is 39.4 Å². The van der Waals surface area contributed by atoms with Gasteiger partial charge in [0.05, 0.1) is 28.8 Å². The maximum absolute atomic E-state index is 13.1. The van der Waals surface area contributed by atoms with E-state index in [-0.39, 0.29) is 12.5 Å². The summed E-state index contributed by atoms with van der Waals surface area (Å²) in [5.74, 6) is -0.239. The molecular weight excluding hydrogens is 518 g/mol. The lowest BCUT2D eigenvalue weighted by atomic mass is 10.2. The van der Waals surface area contributed by atoms with E-state index in [4.69, 9.17) is 4.74 Å². The molecule has 1 aliphatic heterocycles. The first-order chi connectivity index (χ1) is 18.4. The Morgan fingerprint density at radius 3 is 2.76 bits per heavy atom. The molecule has 204 valence electrons. The monoisotopic (exact) mass is 555 g/mol. The minimum atomic E-state index is -1.29. The molecule has 1 aromatic heterocycles. The number of nitrogens with zero attached hydrogens (tertiary/aromatic N) is 3. The van der Waals surface area contributed by atoms with Gasteiger partial charge in [-0.2, -0.15) is 0 Å². The van der Waals surface area contributed by atoms with Crippen LogP contribution in [-0.4, -0.2) is 64.5 Å². The topological polar surface area (TPSA) is 95.9 Å². The average molecular weight is 556 g/mol. The number of benzene rings is 1. The normalized spacial score (nSPS) is 15.4. The van der Waals surface area contributed by atoms with Crippen LogP contribution in [-0.2, 0) is 28.7 Å². The third kappa shape index (κ3) is 9.21. The third-order valence-corrected chi connectivity index (χ3v) is 8.22. The summed E-state index contributed by atoms with van der Waals surface area (Å²) < 4.78 is 20.3. The van der Waals surface area contributed by atoms with Gasteiger partial charge in [0.2, 0.25) is 0 Å². The number of morpholine rings is 1. The molecule has 0 bridgehead atoms. The number of aromatic nitrogens is 1. The Hall–Kier alpha value is -2.76. The number of nitrogens with one attached hydrogen (secondary N) is 2. The van der Waals surface area contributed by atoms with Crippen LogP contribution in [0.1, 0.15) is 41.8 Å². The molecule has 0 spiro atoms. The summed E-state index contributed by atoms with van der Waals surface area (Å²) >= 11 is 1.47. The number of rotatable bonds is 13. The molecule has 0 aliphatic carbocycles. The van der Waals surface area contributed by atoms with Crippen molar-refractivity contribution >= 4 is 33.9 Å². The van der Waals surface area contributed by atoms with Gasteiger partial charge in [-0.15, -0.1) is 11.3 Å². The number of thiazole rings is 1. The van der Waals surface area contributed by atoms with E-state index in [9.17, 15) is 9.00 Å². The average Bonchev–Trinajstić information content (AvgIpc) is 3.41. The number of aliphatic imine (C=N–C) groups is 1. The van der Waals surface area contributed by atoms with Crippen molar-refractivity contribution in [2.24, 2.45) is 4.99 Å². The molecule has 2 aromatic rings. The lowest BCUT2D eigenvalue weighted by molar-refractivity contribution is 0.0752. The van der Waals surface area contributed by atoms with Gasteiger partial charge in [-0.05, 0) is 38.5 Å². The minimum Gasteiger partial charge on any atom is -0.379 e. The SMILES string of the molecule is C=C/C=C\C(N=C(C)CNCCc1nc(C(=O)NCc2ccccc2S(=O)N2CCOCC2)cs1)=C(C)C. The first-order valence-electron chi connectivity index (χ1n) is 12.7. The Morgan fingerprint density at radius 1 is 1.26 bits per heavy atom. The van der Waals surface area contributed by atoms with Gasteiger partial charge in [-0.3, -0.25) is 9.79 Å². The molecule has 2 N–H and O–H groups in total. The van der Waals surface area contributed by atoms with Crippen molar-refractivity contribution in [1.82, 2.24) is 19.9 Å². The lowest BCUT2D eigenvalue weighted by Gasteiger charge is -2.26. The molecular formula is C28H37N5O3S2. The Labute approximate surface area is 232 Å². The minimum absolute atomic E-state index is 0.239. The second kappa shape index (κ2) is 15.6. The summed E-state index contributed by atoms with van der Waals surface area (Å²) in [5.41, 5.74) is 4.30. The second-order valence-corrected chi connectivity index (χ2v) is 11.4. The van der Waals surface area contributed by atoms with Crippen LogP contribution in [0, 0.1) is 0 Å². The van der Waals surface area contributed by atoms with E-state index in [0.29, 0.717) is 43.4 Å². The number of ether oxygens (including phenoxy) is 1. The van der Waals surface area contributed by atoms with E-state index in [2.05, 4.69) is 27.2 Å². The molecule has 38 heavy (non-hydrogen) atoms. The zero-order chi connectivity index (χ0) is 27.3. The van der Waals surface area contributed by atoms with Crippen LogP contribution in [0.15, 0.2) is 75.6 Å². The van der Waals surface area contributed by atoms with Gasteiger partial charge in [-0.25, -0.2) is 13.5 Å². The first-order valence-corrected chi connectivity index (χ1v) is 14.6. The summed E-state index contributed by atoms with van der Waals surface area (Å²) in [4.78, 5) is 22.6. The van der Waals surface area contributed by atoms with Gasteiger partial charge >= 0.3 is 0 Å². The number of carbonyl (C=O) groups is 1. The number of amides is 1. The molecule has 1 atom stereocenters. The molecule has 1 aromatic carbocycles. The summed E-state index contributed by atoms with van der Waals surface area (Å²) in [6, 6.07) is 7.51. The van der Waals surface area contributed by atoms with E-state index < -0.39 is 11.0 Å². The Bertz CT molecular complexity index is 1210. The first kappa shape index (κ1) is 29.8. The largest absolute Gasteiger partial charge is 0.379 e. The van der Waals surface area contributed by atoms with E-state index in [1.165, 1.54) is 11.3 Å². The predicted molar refractivity (Wildman–Crippen MR) is 156 cm³/mol. The Balaban J connectivity index is 1.48. The van der Waals surface area contributed by atoms with Crippen LogP contribution in [0.2, 0.25) is 0 Å². The second-order valence-electron chi connectivity index (χ2n) is 8.96. The number of hydrogen-bond donors (Lipinski definition) is 2. The van der Waals surface area contributed by atoms with E-state index in [1.807, 2.05) is 61.5 Å². The molecule has 1 amide bonds. The standard InChI is InChI=1S/C28H37N5O3S2/c1-5-6-10-24(21(2)3)31-22(4)18-29-13-12-27-32-25(20-37-27)28(34)30-19-23-9-7-8-11-26(23)38(35)33-14-16-36-17-15-33/h5-11,20,29H,1,12-19H2,2-4H3,(H,30,34)/b10-6-,31-22?. The predicted octanol–water partition coefficient (Wildman–Crippen LogP) is 4.06. The Morgan fingerprint density at radius 2 is 2.03 bits per heavy atom. The molecule has 2 heterocycles. The highest BCUT2D eigenvalue weighted by Crippen LogP contribution is 2.18. The van der Waals surface area contributed by atoms with Gasteiger partial charge in [-0.1, -0.05) is 42.5 Å². The van der Waals surface area contributed by atoms with Crippen LogP contribution >= 0.6 is 11.3 Å². The van der Waals surface area contributed by atoms with Gasteiger partial charge in [0.15, 0.2) is 0 Å². The van der Waals surface area contributed by atoms with Crippen molar-refractivity contribution < 1.29 is 13.7 Å². The maximum Gasteiger partial charge on any atom is 0.271 e. The van der Waals surface area contributed by atoms with Crippen LogP contribution < -0.4 is 10.6 Å². The highest BCUT2D eigenvalue weighted by Gasteiger charge is 2.21. The summed E-state index contributed by atoms with van der Waals surface area (Å²) in [6.07, 6.45) is 6.30. The van der Waals surface area contributed by atoms with Crippen molar-refractivity contribution in [3.05, 3.63) is 82.0 Å². The van der Waals surface area contributed by atoms with Gasteiger partial charge in [0, 0.05) is 50.2 Å². The van der Waals surface area contributed by atoms with Crippen LogP contribution in [0.3, 0.4) is 0 Å². The molecule has 0 radical (unpaired) electrons. The van der Waals surface area contributed by atoms with E-state index in [0.717, 1.165) is 40.5 Å². The smallest absolute Gasteiger partial charge is 0.271 e. The molecule has 1 aliphatic rings. The zero-order valence-corrected chi connectivity index (χ0v) is 24.0.